The first-order valence-corrected chi connectivity index (χ1v) is 8.30. The number of anilines is 2. The van der Waals surface area contributed by atoms with Crippen molar-refractivity contribution in [3.63, 3.8) is 0 Å². The third-order valence-corrected chi connectivity index (χ3v) is 3.99. The second-order valence-corrected chi connectivity index (χ2v) is 6.31. The molecule has 2 aromatic carbocycles. The first kappa shape index (κ1) is 20.2. The Kier molecular flexibility index (Phi) is 6.36. The number of halogens is 1. The Morgan fingerprint density at radius 1 is 1.22 bits per heavy atom. The monoisotopic (exact) mass is 391 g/mol. The van der Waals surface area contributed by atoms with Crippen LogP contribution in [0.4, 0.5) is 17.1 Å². The highest BCUT2D eigenvalue weighted by atomic mass is 35.5. The summed E-state index contributed by atoms with van der Waals surface area (Å²) >= 11 is 5.94. The van der Waals surface area contributed by atoms with Gasteiger partial charge in [-0.3, -0.25) is 14.9 Å². The predicted octanol–water partition coefficient (Wildman–Crippen LogP) is 3.50. The average molecular weight is 392 g/mol. The number of benzene rings is 2. The molecule has 9 heteroatoms. The summed E-state index contributed by atoms with van der Waals surface area (Å²) in [7, 11) is 3.68. The van der Waals surface area contributed by atoms with Crippen LogP contribution < -0.4 is 10.2 Å². The van der Waals surface area contributed by atoms with Crippen LogP contribution in [0.15, 0.2) is 42.5 Å². The number of nitrogens with zero attached hydrogens (tertiary/aromatic N) is 2. The fourth-order valence-electron chi connectivity index (χ4n) is 2.15. The number of non-ortho nitro benzene ring substituents is 1. The van der Waals surface area contributed by atoms with Gasteiger partial charge in [0.25, 0.3) is 11.6 Å². The zero-order valence-corrected chi connectivity index (χ0v) is 15.7. The van der Waals surface area contributed by atoms with E-state index < -0.39 is 22.9 Å². The van der Waals surface area contributed by atoms with Crippen LogP contribution in [0.2, 0.25) is 5.02 Å². The zero-order chi connectivity index (χ0) is 20.1. The molecule has 0 aromatic heterocycles. The summed E-state index contributed by atoms with van der Waals surface area (Å²) in [6.07, 6.45) is -1.09. The SMILES string of the molecule is C[C@H](OC(=O)c1cccc(N(C)C)c1)C(=O)Nc1ccc([N+](=O)[O-])cc1Cl. The van der Waals surface area contributed by atoms with Gasteiger partial charge >= 0.3 is 5.97 Å². The zero-order valence-electron chi connectivity index (χ0n) is 14.9. The standard InChI is InChI=1S/C18H18ClN3O5/c1-11(27-18(24)12-5-4-6-13(9-12)21(2)3)17(23)20-16-8-7-14(22(25)26)10-15(16)19/h4-11H,1-3H3,(H,20,23)/t11-/m0/s1. The normalized spacial score (nSPS) is 11.4. The van der Waals surface area contributed by atoms with Crippen LogP contribution in [0.3, 0.4) is 0 Å². The van der Waals surface area contributed by atoms with Gasteiger partial charge in [-0.05, 0) is 31.2 Å². The maximum atomic E-state index is 12.3. The molecule has 0 saturated heterocycles. The fraction of sp³-hybridized carbons (Fsp3) is 0.222. The topological polar surface area (TPSA) is 102 Å². The van der Waals surface area contributed by atoms with Crippen molar-refractivity contribution in [1.82, 2.24) is 0 Å². The quantitative estimate of drug-likeness (QED) is 0.459. The predicted molar refractivity (Wildman–Crippen MR) is 102 cm³/mol. The Bertz CT molecular complexity index is 885. The first-order chi connectivity index (χ1) is 12.7. The van der Waals surface area contributed by atoms with E-state index in [1.807, 2.05) is 25.1 Å². The molecule has 2 aromatic rings. The maximum absolute atomic E-state index is 12.3. The second kappa shape index (κ2) is 8.50. The largest absolute Gasteiger partial charge is 0.449 e. The van der Waals surface area contributed by atoms with Gasteiger partial charge in [0, 0.05) is 31.9 Å². The molecule has 0 unspecified atom stereocenters. The molecule has 0 radical (unpaired) electrons. The van der Waals surface area contributed by atoms with Crippen molar-refractivity contribution in [3.8, 4) is 0 Å². The van der Waals surface area contributed by atoms with Gasteiger partial charge in [-0.15, -0.1) is 0 Å². The van der Waals surface area contributed by atoms with Crippen LogP contribution in [0.1, 0.15) is 17.3 Å². The van der Waals surface area contributed by atoms with Crippen molar-refractivity contribution < 1.29 is 19.2 Å². The number of amides is 1. The highest BCUT2D eigenvalue weighted by Crippen LogP contribution is 2.26. The summed E-state index contributed by atoms with van der Waals surface area (Å²) < 4.78 is 5.19. The Morgan fingerprint density at radius 2 is 1.93 bits per heavy atom. The number of nitro groups is 1. The van der Waals surface area contributed by atoms with Crippen LogP contribution in [0, 0.1) is 10.1 Å². The van der Waals surface area contributed by atoms with Crippen molar-refractivity contribution in [2.24, 2.45) is 0 Å². The molecule has 1 amide bonds. The Labute approximate surface area is 160 Å². The van der Waals surface area contributed by atoms with E-state index in [2.05, 4.69) is 5.32 Å². The summed E-state index contributed by atoms with van der Waals surface area (Å²) in [5, 5.41) is 13.2. The van der Waals surface area contributed by atoms with Gasteiger partial charge in [0.15, 0.2) is 6.10 Å². The number of esters is 1. The summed E-state index contributed by atoms with van der Waals surface area (Å²) in [6, 6.07) is 10.4. The highest BCUT2D eigenvalue weighted by Gasteiger charge is 2.21. The Morgan fingerprint density at radius 3 is 2.52 bits per heavy atom. The minimum Gasteiger partial charge on any atom is -0.449 e. The van der Waals surface area contributed by atoms with Crippen LogP contribution in [0.25, 0.3) is 0 Å². The van der Waals surface area contributed by atoms with E-state index in [0.717, 1.165) is 11.8 Å². The summed E-state index contributed by atoms with van der Waals surface area (Å²) in [6.45, 7) is 1.42. The van der Waals surface area contributed by atoms with Crippen LogP contribution in [-0.4, -0.2) is 37.0 Å². The molecule has 0 bridgehead atoms. The molecule has 0 heterocycles. The van der Waals surface area contributed by atoms with E-state index in [0.29, 0.717) is 5.56 Å². The van der Waals surface area contributed by atoms with Crippen LogP contribution >= 0.6 is 11.6 Å². The molecule has 2 rings (SSSR count). The third kappa shape index (κ3) is 5.18. The molecular formula is C18H18ClN3O5. The molecular weight excluding hydrogens is 374 g/mol. The fourth-order valence-corrected chi connectivity index (χ4v) is 2.37. The van der Waals surface area contributed by atoms with Crippen molar-refractivity contribution in [1.29, 1.82) is 0 Å². The van der Waals surface area contributed by atoms with Gasteiger partial charge in [-0.2, -0.15) is 0 Å². The number of carbonyl (C=O) groups excluding carboxylic acids is 2. The van der Waals surface area contributed by atoms with Gasteiger partial charge in [-0.1, -0.05) is 17.7 Å². The van der Waals surface area contributed by atoms with Gasteiger partial charge in [0.2, 0.25) is 0 Å². The molecule has 0 spiro atoms. The van der Waals surface area contributed by atoms with E-state index in [9.17, 15) is 19.7 Å². The molecule has 8 nitrogen and oxygen atoms in total. The van der Waals surface area contributed by atoms with Crippen LogP contribution in [-0.2, 0) is 9.53 Å². The van der Waals surface area contributed by atoms with Crippen molar-refractivity contribution >= 4 is 40.5 Å². The number of ether oxygens (including phenoxy) is 1. The minimum atomic E-state index is -1.09. The van der Waals surface area contributed by atoms with E-state index in [1.165, 1.54) is 19.1 Å². The lowest BCUT2D eigenvalue weighted by atomic mass is 10.2. The lowest BCUT2D eigenvalue weighted by Crippen LogP contribution is -2.30. The van der Waals surface area contributed by atoms with Gasteiger partial charge in [0.1, 0.15) is 0 Å². The van der Waals surface area contributed by atoms with E-state index in [4.69, 9.17) is 16.3 Å². The molecule has 1 N–H and O–H groups in total. The number of hydrogen-bond acceptors (Lipinski definition) is 6. The van der Waals surface area contributed by atoms with Crippen molar-refractivity contribution in [2.45, 2.75) is 13.0 Å². The number of nitro benzene ring substituents is 1. The molecule has 0 saturated carbocycles. The molecule has 0 fully saturated rings. The number of carbonyl (C=O) groups is 2. The number of rotatable bonds is 6. The first-order valence-electron chi connectivity index (χ1n) is 7.92. The third-order valence-electron chi connectivity index (χ3n) is 3.67. The van der Waals surface area contributed by atoms with Crippen LogP contribution in [0.5, 0.6) is 0 Å². The highest BCUT2D eigenvalue weighted by molar-refractivity contribution is 6.34. The molecule has 0 aliphatic rings. The molecule has 27 heavy (non-hydrogen) atoms. The minimum absolute atomic E-state index is 0.00904. The Balaban J connectivity index is 2.04. The summed E-state index contributed by atoms with van der Waals surface area (Å²) in [4.78, 5) is 36.4. The van der Waals surface area contributed by atoms with Gasteiger partial charge in [-0.25, -0.2) is 4.79 Å². The van der Waals surface area contributed by atoms with Gasteiger partial charge < -0.3 is 15.0 Å². The smallest absolute Gasteiger partial charge is 0.338 e. The van der Waals surface area contributed by atoms with Crippen molar-refractivity contribution in [3.05, 3.63) is 63.2 Å². The summed E-state index contributed by atoms with van der Waals surface area (Å²) in [5.74, 6) is -1.25. The second-order valence-electron chi connectivity index (χ2n) is 5.90. The number of hydrogen-bond donors (Lipinski definition) is 1. The maximum Gasteiger partial charge on any atom is 0.338 e. The molecule has 1 atom stereocenters. The van der Waals surface area contributed by atoms with E-state index in [1.54, 1.807) is 18.2 Å². The lowest BCUT2D eigenvalue weighted by molar-refractivity contribution is -0.384. The number of nitrogens with one attached hydrogen (secondary N) is 1. The Hall–Kier alpha value is -3.13. The molecule has 142 valence electrons. The van der Waals surface area contributed by atoms with E-state index in [-0.39, 0.29) is 16.4 Å². The average Bonchev–Trinajstić information content (AvgIpc) is 2.63. The van der Waals surface area contributed by atoms with Gasteiger partial charge in [0.05, 0.1) is 21.2 Å². The molecule has 0 aliphatic heterocycles. The van der Waals surface area contributed by atoms with Crippen molar-refractivity contribution in [2.75, 3.05) is 24.3 Å². The van der Waals surface area contributed by atoms with E-state index >= 15 is 0 Å². The lowest BCUT2D eigenvalue weighted by Gasteiger charge is -2.16. The molecule has 0 aliphatic carbocycles. The summed E-state index contributed by atoms with van der Waals surface area (Å²) in [5.41, 5.74) is 1.12.